The molecule has 1 amide bonds. The fourth-order valence-electron chi connectivity index (χ4n) is 3.87. The zero-order valence-corrected chi connectivity index (χ0v) is 15.7. The van der Waals surface area contributed by atoms with Crippen LogP contribution < -0.4 is 10.6 Å². The third-order valence-electron chi connectivity index (χ3n) is 5.37. The van der Waals surface area contributed by atoms with E-state index in [-0.39, 0.29) is 36.2 Å². The molecule has 2 heterocycles. The molecule has 0 spiro atoms. The maximum Gasteiger partial charge on any atom is 0.237 e. The first-order chi connectivity index (χ1) is 11.6. The summed E-state index contributed by atoms with van der Waals surface area (Å²) in [6.07, 6.45) is 4.30. The van der Waals surface area contributed by atoms with Crippen LogP contribution in [0.15, 0.2) is 24.3 Å². The van der Waals surface area contributed by atoms with Crippen LogP contribution in [0.4, 0.5) is 4.39 Å². The molecule has 3 rings (SSSR count). The summed E-state index contributed by atoms with van der Waals surface area (Å²) in [5.74, 6) is 0.437. The lowest BCUT2D eigenvalue weighted by atomic mass is 9.95. The summed E-state index contributed by atoms with van der Waals surface area (Å²) in [4.78, 5) is 14.5. The minimum atomic E-state index is -0.177. The van der Waals surface area contributed by atoms with Crippen molar-refractivity contribution in [1.82, 2.24) is 15.5 Å². The van der Waals surface area contributed by atoms with Crippen LogP contribution >= 0.6 is 12.4 Å². The maximum atomic E-state index is 13.5. The number of carbonyl (C=O) groups is 1. The summed E-state index contributed by atoms with van der Waals surface area (Å²) in [5, 5.41) is 6.35. The first kappa shape index (κ1) is 20.1. The van der Waals surface area contributed by atoms with Crippen molar-refractivity contribution in [3.63, 3.8) is 0 Å². The van der Waals surface area contributed by atoms with Gasteiger partial charge in [-0.2, -0.15) is 0 Å². The van der Waals surface area contributed by atoms with Crippen molar-refractivity contribution in [2.45, 2.75) is 44.7 Å². The molecule has 0 bridgehead atoms. The maximum absolute atomic E-state index is 13.5. The number of hydrogen-bond donors (Lipinski definition) is 2. The molecule has 2 aliphatic rings. The molecular weight excluding hydrogens is 341 g/mol. The highest BCUT2D eigenvalue weighted by Crippen LogP contribution is 2.26. The Balaban J connectivity index is 0.00000225. The molecule has 6 heteroatoms. The molecule has 3 atom stereocenters. The lowest BCUT2D eigenvalue weighted by Crippen LogP contribution is -2.45. The van der Waals surface area contributed by atoms with E-state index in [1.807, 2.05) is 6.07 Å². The van der Waals surface area contributed by atoms with Crippen LogP contribution in [0.25, 0.3) is 0 Å². The van der Waals surface area contributed by atoms with Gasteiger partial charge in [0.1, 0.15) is 5.82 Å². The number of piperidine rings is 1. The molecule has 1 aromatic rings. The van der Waals surface area contributed by atoms with Crippen molar-refractivity contribution in [1.29, 1.82) is 0 Å². The van der Waals surface area contributed by atoms with Gasteiger partial charge in [0.05, 0.1) is 6.04 Å². The van der Waals surface area contributed by atoms with Gasteiger partial charge in [0.15, 0.2) is 0 Å². The molecular formula is C19H29ClFN3O. The Kier molecular flexibility index (Phi) is 7.66. The Morgan fingerprint density at radius 3 is 2.96 bits per heavy atom. The number of carbonyl (C=O) groups excluding carboxylic acids is 1. The van der Waals surface area contributed by atoms with Crippen LogP contribution in [-0.2, 0) is 4.79 Å². The predicted molar refractivity (Wildman–Crippen MR) is 100 cm³/mol. The number of amides is 1. The monoisotopic (exact) mass is 369 g/mol. The molecule has 25 heavy (non-hydrogen) atoms. The summed E-state index contributed by atoms with van der Waals surface area (Å²) in [7, 11) is 0. The van der Waals surface area contributed by atoms with Crippen molar-refractivity contribution < 1.29 is 9.18 Å². The number of hydrogen-bond acceptors (Lipinski definition) is 3. The number of nitrogens with zero attached hydrogens (tertiary/aromatic N) is 1. The van der Waals surface area contributed by atoms with Crippen LogP contribution in [0.3, 0.4) is 0 Å². The Bertz CT molecular complexity index is 565. The van der Waals surface area contributed by atoms with Gasteiger partial charge in [-0.1, -0.05) is 12.1 Å². The predicted octanol–water partition coefficient (Wildman–Crippen LogP) is 2.89. The van der Waals surface area contributed by atoms with Crippen LogP contribution in [0.1, 0.15) is 44.2 Å². The fraction of sp³-hybridized carbons (Fsp3) is 0.632. The van der Waals surface area contributed by atoms with E-state index in [9.17, 15) is 9.18 Å². The van der Waals surface area contributed by atoms with Crippen molar-refractivity contribution in [3.05, 3.63) is 35.6 Å². The molecule has 3 unspecified atom stereocenters. The number of benzene rings is 1. The molecule has 0 saturated carbocycles. The summed E-state index contributed by atoms with van der Waals surface area (Å²) in [6.45, 7) is 5.81. The average Bonchev–Trinajstić information content (AvgIpc) is 3.14. The molecule has 2 saturated heterocycles. The lowest BCUT2D eigenvalue weighted by Gasteiger charge is -2.37. The second-order valence-electron chi connectivity index (χ2n) is 7.13. The van der Waals surface area contributed by atoms with E-state index in [2.05, 4.69) is 22.5 Å². The van der Waals surface area contributed by atoms with E-state index in [0.717, 1.165) is 57.4 Å². The summed E-state index contributed by atoms with van der Waals surface area (Å²) >= 11 is 0. The second kappa shape index (κ2) is 9.51. The quantitative estimate of drug-likeness (QED) is 0.838. The van der Waals surface area contributed by atoms with Crippen LogP contribution in [-0.4, -0.2) is 43.0 Å². The van der Waals surface area contributed by atoms with Crippen LogP contribution in [0, 0.1) is 11.7 Å². The van der Waals surface area contributed by atoms with Gasteiger partial charge in [0.2, 0.25) is 5.91 Å². The number of likely N-dealkylation sites (tertiary alicyclic amines) is 1. The normalized spacial score (nSPS) is 25.2. The average molecular weight is 370 g/mol. The molecule has 140 valence electrons. The molecule has 0 aromatic heterocycles. The zero-order valence-electron chi connectivity index (χ0n) is 14.8. The van der Waals surface area contributed by atoms with Crippen molar-refractivity contribution >= 4 is 18.3 Å². The van der Waals surface area contributed by atoms with Gasteiger partial charge in [-0.05, 0) is 69.3 Å². The first-order valence-electron chi connectivity index (χ1n) is 9.14. The largest absolute Gasteiger partial charge is 0.354 e. The van der Waals surface area contributed by atoms with Gasteiger partial charge in [-0.3, -0.25) is 9.69 Å². The molecule has 0 radical (unpaired) electrons. The number of rotatable bonds is 5. The zero-order chi connectivity index (χ0) is 16.9. The highest BCUT2D eigenvalue weighted by molar-refractivity contribution is 5.85. The van der Waals surface area contributed by atoms with Crippen LogP contribution in [0.5, 0.6) is 0 Å². The second-order valence-corrected chi connectivity index (χ2v) is 7.13. The topological polar surface area (TPSA) is 44.4 Å². The van der Waals surface area contributed by atoms with Crippen LogP contribution in [0.2, 0.25) is 0 Å². The number of nitrogens with one attached hydrogen (secondary N) is 2. The SMILES string of the molecule is CC(c1cccc(F)c1)N1CCCC(CNC(=O)C2CCCN2)C1.Cl. The minimum absolute atomic E-state index is 0. The fourth-order valence-corrected chi connectivity index (χ4v) is 3.87. The third-order valence-corrected chi connectivity index (χ3v) is 5.37. The van der Waals surface area contributed by atoms with Gasteiger partial charge < -0.3 is 10.6 Å². The Morgan fingerprint density at radius 2 is 2.24 bits per heavy atom. The molecule has 0 aliphatic carbocycles. The summed E-state index contributed by atoms with van der Waals surface area (Å²) < 4.78 is 13.5. The van der Waals surface area contributed by atoms with E-state index in [0.29, 0.717) is 5.92 Å². The standard InChI is InChI=1S/C19H28FN3O.ClH/c1-14(16-6-2-7-17(20)11-16)23-10-4-5-15(13-23)12-22-19(24)18-8-3-9-21-18;/h2,6-7,11,14-15,18,21H,3-5,8-10,12-13H2,1H3,(H,22,24);1H. The minimum Gasteiger partial charge on any atom is -0.354 e. The van der Waals surface area contributed by atoms with Gasteiger partial charge in [-0.25, -0.2) is 4.39 Å². The molecule has 2 N–H and O–H groups in total. The molecule has 4 nitrogen and oxygen atoms in total. The van der Waals surface area contributed by atoms with Crippen molar-refractivity contribution in [2.75, 3.05) is 26.2 Å². The third kappa shape index (κ3) is 5.40. The van der Waals surface area contributed by atoms with Crippen molar-refractivity contribution in [3.8, 4) is 0 Å². The van der Waals surface area contributed by atoms with Gasteiger partial charge in [-0.15, -0.1) is 12.4 Å². The van der Waals surface area contributed by atoms with E-state index < -0.39 is 0 Å². The molecule has 2 aliphatic heterocycles. The highest BCUT2D eigenvalue weighted by atomic mass is 35.5. The smallest absolute Gasteiger partial charge is 0.237 e. The summed E-state index contributed by atoms with van der Waals surface area (Å²) in [5.41, 5.74) is 1.02. The Hall–Kier alpha value is -1.17. The van der Waals surface area contributed by atoms with Gasteiger partial charge >= 0.3 is 0 Å². The van der Waals surface area contributed by atoms with E-state index in [4.69, 9.17) is 0 Å². The molecule has 2 fully saturated rings. The van der Waals surface area contributed by atoms with E-state index in [1.165, 1.54) is 6.07 Å². The Morgan fingerprint density at radius 1 is 1.40 bits per heavy atom. The Labute approximate surface area is 156 Å². The van der Waals surface area contributed by atoms with E-state index in [1.54, 1.807) is 12.1 Å². The van der Waals surface area contributed by atoms with Gasteiger partial charge in [0.25, 0.3) is 0 Å². The van der Waals surface area contributed by atoms with E-state index >= 15 is 0 Å². The van der Waals surface area contributed by atoms with Gasteiger partial charge in [0, 0.05) is 19.1 Å². The molecule has 1 aromatic carbocycles. The summed E-state index contributed by atoms with van der Waals surface area (Å²) in [6, 6.07) is 7.08. The lowest BCUT2D eigenvalue weighted by molar-refractivity contribution is -0.123. The first-order valence-corrected chi connectivity index (χ1v) is 9.14. The van der Waals surface area contributed by atoms with Crippen molar-refractivity contribution in [2.24, 2.45) is 5.92 Å². The highest BCUT2D eigenvalue weighted by Gasteiger charge is 2.26. The number of halogens is 2.